The molecule has 2 nitrogen and oxygen atoms in total. The lowest BCUT2D eigenvalue weighted by atomic mass is 9.89. The minimum absolute atomic E-state index is 0.00653. The Kier molecular flexibility index (Phi) is 4.42. The predicted octanol–water partition coefficient (Wildman–Crippen LogP) is 3.60. The molecular weight excluding hydrogens is 244 g/mol. The third-order valence-electron chi connectivity index (χ3n) is 2.88. The Bertz CT molecular complexity index is 457. The summed E-state index contributed by atoms with van der Waals surface area (Å²) in [7, 11) is 0. The van der Waals surface area contributed by atoms with Gasteiger partial charge >= 0.3 is 5.97 Å². The maximum absolute atomic E-state index is 11.5. The van der Waals surface area contributed by atoms with E-state index in [1.54, 1.807) is 0 Å². The summed E-state index contributed by atoms with van der Waals surface area (Å²) in [5, 5.41) is 0. The van der Waals surface area contributed by atoms with Crippen molar-refractivity contribution in [2.45, 2.75) is 12.3 Å². The zero-order valence-electron chi connectivity index (χ0n) is 9.82. The molecule has 0 radical (unpaired) electrons. The maximum Gasteiger partial charge on any atom is 0.318 e. The van der Waals surface area contributed by atoms with Crippen LogP contribution in [0.3, 0.4) is 0 Å². The molecule has 2 aromatic carbocycles. The number of hydrogen-bond acceptors (Lipinski definition) is 3. The smallest absolute Gasteiger partial charge is 0.318 e. The number of benzene rings is 2. The molecule has 18 heavy (non-hydrogen) atoms. The fourth-order valence-electron chi connectivity index (χ4n) is 2.00. The molecule has 0 aliphatic heterocycles. The third-order valence-corrected chi connectivity index (χ3v) is 3.08. The van der Waals surface area contributed by atoms with Crippen LogP contribution in [0.2, 0.25) is 0 Å². The summed E-state index contributed by atoms with van der Waals surface area (Å²) in [6, 6.07) is 19.9. The van der Waals surface area contributed by atoms with Gasteiger partial charge in [0.05, 0.1) is 6.42 Å². The first-order valence-electron chi connectivity index (χ1n) is 5.75. The van der Waals surface area contributed by atoms with Crippen LogP contribution in [-0.2, 0) is 8.98 Å². The molecule has 0 fully saturated rings. The van der Waals surface area contributed by atoms with Crippen LogP contribution in [0.15, 0.2) is 60.7 Å². The molecule has 0 aliphatic carbocycles. The first-order chi connectivity index (χ1) is 8.81. The monoisotopic (exact) mass is 258 g/mol. The second-order valence-corrected chi connectivity index (χ2v) is 4.22. The van der Waals surface area contributed by atoms with Crippen molar-refractivity contribution in [3.05, 3.63) is 71.8 Å². The van der Waals surface area contributed by atoms with Gasteiger partial charge in [-0.2, -0.15) is 0 Å². The lowest BCUT2D eigenvalue weighted by Crippen LogP contribution is -2.08. The maximum atomic E-state index is 11.5. The Morgan fingerprint density at radius 1 is 0.944 bits per heavy atom. The topological polar surface area (TPSA) is 26.3 Å². The highest BCUT2D eigenvalue weighted by Gasteiger charge is 2.18. The van der Waals surface area contributed by atoms with Gasteiger partial charge in [-0.1, -0.05) is 60.7 Å². The van der Waals surface area contributed by atoms with E-state index in [1.165, 1.54) is 0 Å². The van der Waals surface area contributed by atoms with Crippen LogP contribution in [0.25, 0.3) is 0 Å². The SMILES string of the molecule is O=C(CC(c1ccccc1)c1ccccc1)OS. The Balaban J connectivity index is 2.32. The highest BCUT2D eigenvalue weighted by molar-refractivity contribution is 7.75. The summed E-state index contributed by atoms with van der Waals surface area (Å²) in [5.41, 5.74) is 2.20. The summed E-state index contributed by atoms with van der Waals surface area (Å²) in [6.45, 7) is 0. The van der Waals surface area contributed by atoms with Crippen LogP contribution in [0.1, 0.15) is 23.5 Å². The van der Waals surface area contributed by atoms with E-state index in [0.29, 0.717) is 0 Å². The van der Waals surface area contributed by atoms with Gasteiger partial charge < -0.3 is 4.18 Å². The first kappa shape index (κ1) is 12.7. The van der Waals surface area contributed by atoms with Gasteiger partial charge in [-0.05, 0) is 11.1 Å². The lowest BCUT2D eigenvalue weighted by molar-refractivity contribution is -0.133. The average Bonchev–Trinajstić information content (AvgIpc) is 2.46. The van der Waals surface area contributed by atoms with Crippen molar-refractivity contribution in [2.24, 2.45) is 0 Å². The van der Waals surface area contributed by atoms with Crippen molar-refractivity contribution in [3.63, 3.8) is 0 Å². The number of carbonyl (C=O) groups excluding carboxylic acids is 1. The van der Waals surface area contributed by atoms with E-state index in [1.807, 2.05) is 60.7 Å². The minimum Gasteiger partial charge on any atom is -0.395 e. The zero-order valence-corrected chi connectivity index (χ0v) is 10.7. The van der Waals surface area contributed by atoms with E-state index in [9.17, 15) is 4.79 Å². The second-order valence-electron chi connectivity index (χ2n) is 4.04. The molecule has 0 aliphatic rings. The van der Waals surface area contributed by atoms with Gasteiger partial charge in [-0.15, -0.1) is 0 Å². The molecule has 2 rings (SSSR count). The third kappa shape index (κ3) is 3.14. The molecule has 0 unspecified atom stereocenters. The molecule has 0 atom stereocenters. The molecule has 0 N–H and O–H groups in total. The fourth-order valence-corrected chi connectivity index (χ4v) is 2.08. The summed E-state index contributed by atoms with van der Waals surface area (Å²) in [4.78, 5) is 11.5. The number of thiol groups is 1. The van der Waals surface area contributed by atoms with Crippen LogP contribution in [0.4, 0.5) is 0 Å². The average molecular weight is 258 g/mol. The van der Waals surface area contributed by atoms with Crippen LogP contribution < -0.4 is 0 Å². The van der Waals surface area contributed by atoms with Gasteiger partial charge in [-0.3, -0.25) is 4.79 Å². The van der Waals surface area contributed by atoms with Crippen LogP contribution in [0, 0.1) is 0 Å². The first-order valence-corrected chi connectivity index (χ1v) is 6.12. The van der Waals surface area contributed by atoms with Crippen molar-refractivity contribution in [1.29, 1.82) is 0 Å². The Hall–Kier alpha value is -1.74. The molecule has 0 bridgehead atoms. The molecular formula is C15H14O2S. The van der Waals surface area contributed by atoms with Crippen LogP contribution >= 0.6 is 12.9 Å². The molecule has 92 valence electrons. The molecule has 0 heterocycles. The lowest BCUT2D eigenvalue weighted by Gasteiger charge is -2.16. The minimum atomic E-state index is -0.323. The second kappa shape index (κ2) is 6.26. The summed E-state index contributed by atoms with van der Waals surface area (Å²) in [6.07, 6.45) is 0.289. The number of hydrogen-bond donors (Lipinski definition) is 1. The van der Waals surface area contributed by atoms with Crippen LogP contribution in [0.5, 0.6) is 0 Å². The van der Waals surface area contributed by atoms with Gasteiger partial charge in [0.2, 0.25) is 0 Å². The van der Waals surface area contributed by atoms with E-state index in [0.717, 1.165) is 11.1 Å². The molecule has 0 saturated heterocycles. The largest absolute Gasteiger partial charge is 0.395 e. The molecule has 0 amide bonds. The van der Waals surface area contributed by atoms with Gasteiger partial charge in [0.1, 0.15) is 0 Å². The Morgan fingerprint density at radius 2 is 1.39 bits per heavy atom. The highest BCUT2D eigenvalue weighted by atomic mass is 32.1. The standard InChI is InChI=1S/C15H14O2S/c16-15(17-18)11-14(12-7-3-1-4-8-12)13-9-5-2-6-10-13/h1-10,14,18H,11H2. The van der Waals surface area contributed by atoms with Crippen molar-refractivity contribution < 1.29 is 8.98 Å². The molecule has 0 spiro atoms. The predicted molar refractivity (Wildman–Crippen MR) is 74.4 cm³/mol. The van der Waals surface area contributed by atoms with Crippen molar-refractivity contribution in [2.75, 3.05) is 0 Å². The fraction of sp³-hybridized carbons (Fsp3) is 0.133. The van der Waals surface area contributed by atoms with Crippen LogP contribution in [-0.4, -0.2) is 5.97 Å². The van der Waals surface area contributed by atoms with E-state index < -0.39 is 0 Å². The van der Waals surface area contributed by atoms with Crippen molar-refractivity contribution >= 4 is 18.9 Å². The van der Waals surface area contributed by atoms with Gasteiger partial charge in [-0.25, -0.2) is 0 Å². The summed E-state index contributed by atoms with van der Waals surface area (Å²) >= 11 is 3.57. The van der Waals surface area contributed by atoms with E-state index in [-0.39, 0.29) is 18.3 Å². The van der Waals surface area contributed by atoms with E-state index >= 15 is 0 Å². The molecule has 0 aromatic heterocycles. The van der Waals surface area contributed by atoms with E-state index in [4.69, 9.17) is 0 Å². The van der Waals surface area contributed by atoms with Gasteiger partial charge in [0, 0.05) is 18.8 Å². The molecule has 3 heteroatoms. The summed E-state index contributed by atoms with van der Waals surface area (Å²) < 4.78 is 4.48. The number of rotatable bonds is 4. The highest BCUT2D eigenvalue weighted by Crippen LogP contribution is 2.28. The van der Waals surface area contributed by atoms with Crippen molar-refractivity contribution in [3.8, 4) is 0 Å². The van der Waals surface area contributed by atoms with Gasteiger partial charge in [0.15, 0.2) is 0 Å². The molecule has 0 saturated carbocycles. The summed E-state index contributed by atoms with van der Waals surface area (Å²) in [5.74, 6) is -0.317. The Labute approximate surface area is 112 Å². The van der Waals surface area contributed by atoms with Gasteiger partial charge in [0.25, 0.3) is 0 Å². The quantitative estimate of drug-likeness (QED) is 0.670. The van der Waals surface area contributed by atoms with E-state index in [2.05, 4.69) is 17.1 Å². The van der Waals surface area contributed by atoms with Crippen molar-refractivity contribution in [1.82, 2.24) is 0 Å². The zero-order chi connectivity index (χ0) is 12.8. The number of carbonyl (C=O) groups is 1. The normalized spacial score (nSPS) is 10.3. The molecule has 2 aromatic rings. The Morgan fingerprint density at radius 3 is 1.78 bits per heavy atom.